The van der Waals surface area contributed by atoms with Gasteiger partial charge in [-0.3, -0.25) is 9.69 Å². The molecule has 1 heterocycles. The molecule has 3 aromatic rings. The number of rotatable bonds is 4. The average Bonchev–Trinajstić information content (AvgIpc) is 3.01. The number of hydrogen-bond donors (Lipinski definition) is 0. The molecule has 0 atom stereocenters. The van der Waals surface area contributed by atoms with Crippen molar-refractivity contribution in [2.24, 2.45) is 0 Å². The van der Waals surface area contributed by atoms with Gasteiger partial charge in [0.1, 0.15) is 11.5 Å². The summed E-state index contributed by atoms with van der Waals surface area (Å²) in [5.41, 5.74) is 1.50. The number of carbonyl (C=O) groups is 1. The van der Waals surface area contributed by atoms with Gasteiger partial charge in [-0.15, -0.1) is 0 Å². The van der Waals surface area contributed by atoms with Crippen molar-refractivity contribution in [2.45, 2.75) is 0 Å². The van der Waals surface area contributed by atoms with Crippen LogP contribution in [0.1, 0.15) is 5.56 Å². The van der Waals surface area contributed by atoms with Crippen LogP contribution in [0.5, 0.6) is 11.5 Å². The fraction of sp³-hybridized carbons (Fsp3) is 0.0909. The number of benzene rings is 3. The predicted molar refractivity (Wildman–Crippen MR) is 119 cm³/mol. The number of methoxy groups -OCH3 is 2. The van der Waals surface area contributed by atoms with Crippen molar-refractivity contribution >= 4 is 56.7 Å². The van der Waals surface area contributed by atoms with E-state index >= 15 is 0 Å². The molecule has 1 aliphatic rings. The van der Waals surface area contributed by atoms with E-state index in [-0.39, 0.29) is 5.91 Å². The van der Waals surface area contributed by atoms with E-state index in [1.54, 1.807) is 14.2 Å². The summed E-state index contributed by atoms with van der Waals surface area (Å²) in [4.78, 5) is 15.2. The van der Waals surface area contributed by atoms with Crippen LogP contribution in [0.3, 0.4) is 0 Å². The van der Waals surface area contributed by atoms with E-state index in [1.807, 2.05) is 66.7 Å². The van der Waals surface area contributed by atoms with E-state index in [2.05, 4.69) is 0 Å². The van der Waals surface area contributed by atoms with Crippen molar-refractivity contribution in [3.05, 3.63) is 71.1 Å². The second-order valence-corrected chi connectivity index (χ2v) is 7.77. The molecule has 0 unspecified atom stereocenters. The Kier molecular flexibility index (Phi) is 5.07. The van der Waals surface area contributed by atoms with Gasteiger partial charge in [0.05, 0.1) is 24.8 Å². The van der Waals surface area contributed by atoms with Gasteiger partial charge in [-0.25, -0.2) is 0 Å². The van der Waals surface area contributed by atoms with Crippen LogP contribution in [0.2, 0.25) is 0 Å². The molecule has 0 N–H and O–H groups in total. The summed E-state index contributed by atoms with van der Waals surface area (Å²) in [7, 11) is 3.20. The first-order valence-electron chi connectivity index (χ1n) is 8.60. The molecular weight excluding hydrogens is 390 g/mol. The third-order valence-corrected chi connectivity index (χ3v) is 5.85. The molecule has 0 saturated carbocycles. The van der Waals surface area contributed by atoms with Crippen molar-refractivity contribution < 1.29 is 14.3 Å². The fourth-order valence-electron chi connectivity index (χ4n) is 3.22. The minimum absolute atomic E-state index is 0.172. The van der Waals surface area contributed by atoms with Gasteiger partial charge in [0, 0.05) is 5.56 Å². The summed E-state index contributed by atoms with van der Waals surface area (Å²) in [6.45, 7) is 0. The molecule has 0 bridgehead atoms. The maximum Gasteiger partial charge on any atom is 0.270 e. The topological polar surface area (TPSA) is 38.8 Å². The molecule has 4 nitrogen and oxygen atoms in total. The lowest BCUT2D eigenvalue weighted by atomic mass is 10.0. The molecular formula is C22H17NO3S2. The summed E-state index contributed by atoms with van der Waals surface area (Å²) in [6, 6.07) is 19.3. The van der Waals surface area contributed by atoms with E-state index in [4.69, 9.17) is 21.7 Å². The van der Waals surface area contributed by atoms with Crippen LogP contribution in [0.25, 0.3) is 16.8 Å². The summed E-state index contributed by atoms with van der Waals surface area (Å²) in [5.74, 6) is 1.14. The number of hydrogen-bond acceptors (Lipinski definition) is 5. The third-order valence-electron chi connectivity index (χ3n) is 4.55. The maximum atomic E-state index is 13.2. The van der Waals surface area contributed by atoms with Crippen LogP contribution >= 0.6 is 24.0 Å². The average molecular weight is 408 g/mol. The molecule has 0 spiro atoms. The van der Waals surface area contributed by atoms with Gasteiger partial charge >= 0.3 is 0 Å². The molecule has 1 saturated heterocycles. The summed E-state index contributed by atoms with van der Waals surface area (Å²) >= 11 is 6.77. The van der Waals surface area contributed by atoms with Gasteiger partial charge in [-0.1, -0.05) is 66.4 Å². The molecule has 4 rings (SSSR count). The van der Waals surface area contributed by atoms with E-state index in [9.17, 15) is 4.79 Å². The van der Waals surface area contributed by atoms with Crippen LogP contribution in [0.15, 0.2) is 65.6 Å². The highest BCUT2D eigenvalue weighted by atomic mass is 32.2. The summed E-state index contributed by atoms with van der Waals surface area (Å²) in [5, 5.41) is 2.10. The number of fused-ring (bicyclic) bond motifs is 1. The molecule has 6 heteroatoms. The summed E-state index contributed by atoms with van der Waals surface area (Å²) in [6.07, 6.45) is 1.86. The Labute approximate surface area is 172 Å². The number of amides is 1. The van der Waals surface area contributed by atoms with Crippen LogP contribution in [-0.4, -0.2) is 24.4 Å². The van der Waals surface area contributed by atoms with Crippen LogP contribution in [0.4, 0.5) is 5.69 Å². The minimum atomic E-state index is -0.172. The normalized spacial score (nSPS) is 15.5. The molecule has 1 amide bonds. The Bertz CT molecular complexity index is 1120. The maximum absolute atomic E-state index is 13.2. The first-order chi connectivity index (χ1) is 13.6. The molecule has 1 aliphatic heterocycles. The highest BCUT2D eigenvalue weighted by Gasteiger charge is 2.35. The lowest BCUT2D eigenvalue weighted by Gasteiger charge is -2.17. The van der Waals surface area contributed by atoms with Crippen molar-refractivity contribution in [2.75, 3.05) is 19.1 Å². The smallest absolute Gasteiger partial charge is 0.270 e. The van der Waals surface area contributed by atoms with E-state index in [0.29, 0.717) is 26.4 Å². The lowest BCUT2D eigenvalue weighted by molar-refractivity contribution is -0.113. The molecule has 0 aliphatic carbocycles. The number of para-hydroxylation sites is 2. The third kappa shape index (κ3) is 3.15. The number of ether oxygens (including phenoxy) is 2. The first kappa shape index (κ1) is 18.5. The zero-order valence-corrected chi connectivity index (χ0v) is 17.0. The molecule has 1 fully saturated rings. The van der Waals surface area contributed by atoms with Gasteiger partial charge in [0.25, 0.3) is 5.91 Å². The van der Waals surface area contributed by atoms with Gasteiger partial charge in [-0.05, 0) is 35.0 Å². The van der Waals surface area contributed by atoms with Crippen LogP contribution in [0, 0.1) is 0 Å². The van der Waals surface area contributed by atoms with Crippen LogP contribution in [-0.2, 0) is 4.79 Å². The zero-order chi connectivity index (χ0) is 19.7. The summed E-state index contributed by atoms with van der Waals surface area (Å²) < 4.78 is 11.4. The molecule has 140 valence electrons. The van der Waals surface area contributed by atoms with Gasteiger partial charge in [-0.2, -0.15) is 0 Å². The Morgan fingerprint density at radius 2 is 1.64 bits per heavy atom. The number of nitrogens with zero attached hydrogens (tertiary/aromatic N) is 1. The van der Waals surface area contributed by atoms with Crippen molar-refractivity contribution in [3.8, 4) is 11.5 Å². The quantitative estimate of drug-likeness (QED) is 0.436. The van der Waals surface area contributed by atoms with E-state index in [0.717, 1.165) is 16.3 Å². The highest BCUT2D eigenvalue weighted by Crippen LogP contribution is 2.41. The standard InChI is InChI=1S/C22H17NO3S2/c1-25-18-12-11-14-7-3-4-8-15(14)16(18)13-20-21(24)23(22(27)28-20)17-9-5-6-10-19(17)26-2/h3-13H,1-2H3/b20-13-. The molecule has 0 radical (unpaired) electrons. The molecule has 28 heavy (non-hydrogen) atoms. The fourth-order valence-corrected chi connectivity index (χ4v) is 4.49. The zero-order valence-electron chi connectivity index (χ0n) is 15.3. The number of thioether (sulfide) groups is 1. The Morgan fingerprint density at radius 1 is 0.929 bits per heavy atom. The van der Waals surface area contributed by atoms with Crippen molar-refractivity contribution in [3.63, 3.8) is 0 Å². The molecule has 0 aromatic heterocycles. The number of carbonyl (C=O) groups excluding carboxylic acids is 1. The van der Waals surface area contributed by atoms with E-state index in [1.165, 1.54) is 16.7 Å². The van der Waals surface area contributed by atoms with Crippen molar-refractivity contribution in [1.82, 2.24) is 0 Å². The van der Waals surface area contributed by atoms with E-state index < -0.39 is 0 Å². The second-order valence-electron chi connectivity index (χ2n) is 6.09. The monoisotopic (exact) mass is 407 g/mol. The highest BCUT2D eigenvalue weighted by molar-refractivity contribution is 8.27. The predicted octanol–water partition coefficient (Wildman–Crippen LogP) is 5.26. The first-order valence-corrected chi connectivity index (χ1v) is 9.83. The molecule has 3 aromatic carbocycles. The lowest BCUT2D eigenvalue weighted by Crippen LogP contribution is -2.27. The number of thiocarbonyl (C=S) groups is 1. The number of anilines is 1. The Morgan fingerprint density at radius 3 is 2.43 bits per heavy atom. The van der Waals surface area contributed by atoms with Gasteiger partial charge < -0.3 is 9.47 Å². The SMILES string of the molecule is COc1ccccc1N1C(=O)/C(=C/c2c(OC)ccc3ccccc23)SC1=S. The van der Waals surface area contributed by atoms with Crippen LogP contribution < -0.4 is 14.4 Å². The van der Waals surface area contributed by atoms with Gasteiger partial charge in [0.2, 0.25) is 0 Å². The minimum Gasteiger partial charge on any atom is -0.496 e. The Hall–Kier alpha value is -2.83. The van der Waals surface area contributed by atoms with Crippen molar-refractivity contribution in [1.29, 1.82) is 0 Å². The Balaban J connectivity index is 1.82. The van der Waals surface area contributed by atoms with Gasteiger partial charge in [0.15, 0.2) is 4.32 Å². The largest absolute Gasteiger partial charge is 0.496 e. The second kappa shape index (κ2) is 7.66.